The van der Waals surface area contributed by atoms with E-state index in [1.165, 1.54) is 4.57 Å². The predicted molar refractivity (Wildman–Crippen MR) is 88.4 cm³/mol. The van der Waals surface area contributed by atoms with Crippen LogP contribution in [-0.2, 0) is 13.1 Å². The molecule has 0 saturated carbocycles. The fourth-order valence-corrected chi connectivity index (χ4v) is 2.95. The Kier molecular flexibility index (Phi) is 4.47. The molecule has 5 heteroatoms. The van der Waals surface area contributed by atoms with Gasteiger partial charge >= 0.3 is 5.69 Å². The maximum Gasteiger partial charge on any atom is 0.331 e. The van der Waals surface area contributed by atoms with Crippen molar-refractivity contribution in [1.29, 1.82) is 0 Å². The SMILES string of the molecule is CCn1cc(I)c(=O)n(Cc2cc(C)cc(C)c2)c1=O. The second kappa shape index (κ2) is 5.95. The lowest BCUT2D eigenvalue weighted by Crippen LogP contribution is -2.40. The van der Waals surface area contributed by atoms with Crippen LogP contribution in [0.5, 0.6) is 0 Å². The molecule has 0 radical (unpaired) electrons. The Labute approximate surface area is 131 Å². The van der Waals surface area contributed by atoms with Gasteiger partial charge in [-0.1, -0.05) is 29.3 Å². The summed E-state index contributed by atoms with van der Waals surface area (Å²) >= 11 is 1.98. The van der Waals surface area contributed by atoms with Crippen molar-refractivity contribution >= 4 is 22.6 Å². The van der Waals surface area contributed by atoms with Crippen molar-refractivity contribution in [3.8, 4) is 0 Å². The average molecular weight is 384 g/mol. The number of rotatable bonds is 3. The minimum atomic E-state index is -0.253. The van der Waals surface area contributed by atoms with Gasteiger partial charge in [0.15, 0.2) is 0 Å². The maximum absolute atomic E-state index is 12.3. The lowest BCUT2D eigenvalue weighted by molar-refractivity contribution is 0.595. The topological polar surface area (TPSA) is 44.0 Å². The van der Waals surface area contributed by atoms with E-state index >= 15 is 0 Å². The van der Waals surface area contributed by atoms with E-state index < -0.39 is 0 Å². The molecular formula is C15H17IN2O2. The first kappa shape index (κ1) is 15.0. The maximum atomic E-state index is 12.3. The molecule has 0 amide bonds. The molecule has 0 saturated heterocycles. The molecule has 0 unspecified atom stereocenters. The molecule has 0 N–H and O–H groups in total. The molecule has 0 atom stereocenters. The highest BCUT2D eigenvalue weighted by Gasteiger charge is 2.09. The van der Waals surface area contributed by atoms with Crippen molar-refractivity contribution in [3.05, 3.63) is 65.5 Å². The molecule has 1 aromatic heterocycles. The molecule has 4 nitrogen and oxygen atoms in total. The monoisotopic (exact) mass is 384 g/mol. The van der Waals surface area contributed by atoms with Crippen molar-refractivity contribution in [2.24, 2.45) is 0 Å². The fourth-order valence-electron chi connectivity index (χ4n) is 2.33. The third kappa shape index (κ3) is 3.03. The number of nitrogens with zero attached hydrogens (tertiary/aromatic N) is 2. The number of halogens is 1. The van der Waals surface area contributed by atoms with Crippen molar-refractivity contribution < 1.29 is 0 Å². The summed E-state index contributed by atoms with van der Waals surface area (Å²) in [5, 5.41) is 0. The zero-order valence-corrected chi connectivity index (χ0v) is 14.0. The summed E-state index contributed by atoms with van der Waals surface area (Å²) in [6.45, 7) is 6.79. The highest BCUT2D eigenvalue weighted by atomic mass is 127. The third-order valence-electron chi connectivity index (χ3n) is 3.16. The second-order valence-electron chi connectivity index (χ2n) is 4.93. The van der Waals surface area contributed by atoms with Crippen LogP contribution < -0.4 is 11.2 Å². The van der Waals surface area contributed by atoms with E-state index in [1.54, 1.807) is 10.8 Å². The summed E-state index contributed by atoms with van der Waals surface area (Å²) in [5.74, 6) is 0. The van der Waals surface area contributed by atoms with Crippen LogP contribution in [0.1, 0.15) is 23.6 Å². The normalized spacial score (nSPS) is 10.8. The average Bonchev–Trinajstić information content (AvgIpc) is 2.38. The van der Waals surface area contributed by atoms with Crippen LogP contribution >= 0.6 is 22.6 Å². The Bertz CT molecular complexity index is 739. The number of hydrogen-bond acceptors (Lipinski definition) is 2. The number of aromatic nitrogens is 2. The van der Waals surface area contributed by atoms with Gasteiger partial charge < -0.3 is 0 Å². The van der Waals surface area contributed by atoms with Crippen LogP contribution in [0.25, 0.3) is 0 Å². The first-order valence-corrected chi connectivity index (χ1v) is 7.57. The van der Waals surface area contributed by atoms with E-state index in [9.17, 15) is 9.59 Å². The summed E-state index contributed by atoms with van der Waals surface area (Å²) in [7, 11) is 0. The molecule has 0 bridgehead atoms. The molecule has 1 heterocycles. The van der Waals surface area contributed by atoms with Gasteiger partial charge in [0.25, 0.3) is 5.56 Å². The Morgan fingerprint density at radius 2 is 1.70 bits per heavy atom. The van der Waals surface area contributed by atoms with Crippen LogP contribution in [0, 0.1) is 17.4 Å². The minimum absolute atomic E-state index is 0.223. The lowest BCUT2D eigenvalue weighted by Gasteiger charge is -2.11. The van der Waals surface area contributed by atoms with Crippen LogP contribution in [0.2, 0.25) is 0 Å². The van der Waals surface area contributed by atoms with Crippen LogP contribution in [0.3, 0.4) is 0 Å². The van der Waals surface area contributed by atoms with Crippen LogP contribution in [0.15, 0.2) is 34.0 Å². The second-order valence-corrected chi connectivity index (χ2v) is 6.10. The van der Waals surface area contributed by atoms with Gasteiger partial charge in [-0.25, -0.2) is 4.79 Å². The van der Waals surface area contributed by atoms with E-state index in [4.69, 9.17) is 0 Å². The van der Waals surface area contributed by atoms with Gasteiger partial charge in [0.05, 0.1) is 10.1 Å². The van der Waals surface area contributed by atoms with E-state index in [-0.39, 0.29) is 11.2 Å². The number of hydrogen-bond donors (Lipinski definition) is 0. The van der Waals surface area contributed by atoms with Crippen molar-refractivity contribution in [1.82, 2.24) is 9.13 Å². The number of aryl methyl sites for hydroxylation is 3. The standard InChI is InChI=1S/C15H17IN2O2/c1-4-17-9-13(16)14(19)18(15(17)20)8-12-6-10(2)5-11(3)7-12/h5-7,9H,4,8H2,1-3H3. The highest BCUT2D eigenvalue weighted by molar-refractivity contribution is 14.1. The van der Waals surface area contributed by atoms with Gasteiger partial charge in [0.1, 0.15) is 0 Å². The Morgan fingerprint density at radius 3 is 2.25 bits per heavy atom. The molecule has 0 aliphatic carbocycles. The smallest absolute Gasteiger partial charge is 0.300 e. The van der Waals surface area contributed by atoms with E-state index in [2.05, 4.69) is 6.07 Å². The van der Waals surface area contributed by atoms with Gasteiger partial charge in [-0.2, -0.15) is 0 Å². The summed E-state index contributed by atoms with van der Waals surface area (Å²) < 4.78 is 3.43. The molecule has 20 heavy (non-hydrogen) atoms. The van der Waals surface area contributed by atoms with Crippen molar-refractivity contribution in [2.45, 2.75) is 33.9 Å². The molecule has 2 rings (SSSR count). The van der Waals surface area contributed by atoms with E-state index in [0.717, 1.165) is 16.7 Å². The van der Waals surface area contributed by atoms with Gasteiger partial charge in [-0.15, -0.1) is 0 Å². The van der Waals surface area contributed by atoms with Gasteiger partial charge in [-0.05, 0) is 48.9 Å². The molecule has 0 spiro atoms. The fraction of sp³-hybridized carbons (Fsp3) is 0.333. The van der Waals surface area contributed by atoms with Crippen molar-refractivity contribution in [3.63, 3.8) is 0 Å². The Hall–Kier alpha value is -1.37. The molecule has 1 aromatic carbocycles. The molecular weight excluding hydrogens is 367 g/mol. The summed E-state index contributed by atoms with van der Waals surface area (Å²) in [4.78, 5) is 24.4. The summed E-state index contributed by atoms with van der Waals surface area (Å²) in [5.41, 5.74) is 2.77. The number of benzene rings is 1. The third-order valence-corrected chi connectivity index (χ3v) is 3.90. The summed E-state index contributed by atoms with van der Waals surface area (Å²) in [6, 6.07) is 6.09. The Morgan fingerprint density at radius 1 is 1.10 bits per heavy atom. The molecule has 0 aliphatic heterocycles. The molecule has 0 fully saturated rings. The summed E-state index contributed by atoms with van der Waals surface area (Å²) in [6.07, 6.45) is 1.61. The molecule has 0 aliphatic rings. The quantitative estimate of drug-likeness (QED) is 0.763. The van der Waals surface area contributed by atoms with Crippen molar-refractivity contribution in [2.75, 3.05) is 0 Å². The van der Waals surface area contributed by atoms with Crippen LogP contribution in [0.4, 0.5) is 0 Å². The van der Waals surface area contributed by atoms with E-state index in [1.807, 2.05) is 55.5 Å². The molecule has 2 aromatic rings. The molecule has 106 valence electrons. The van der Waals surface area contributed by atoms with Crippen LogP contribution in [-0.4, -0.2) is 9.13 Å². The van der Waals surface area contributed by atoms with E-state index in [0.29, 0.717) is 16.7 Å². The minimum Gasteiger partial charge on any atom is -0.300 e. The Balaban J connectivity index is 2.56. The largest absolute Gasteiger partial charge is 0.331 e. The first-order valence-electron chi connectivity index (χ1n) is 6.49. The zero-order valence-electron chi connectivity index (χ0n) is 11.8. The lowest BCUT2D eigenvalue weighted by atomic mass is 10.1. The predicted octanol–water partition coefficient (Wildman–Crippen LogP) is 2.30. The zero-order chi connectivity index (χ0) is 14.9. The van der Waals surface area contributed by atoms with Gasteiger partial charge in [0.2, 0.25) is 0 Å². The van der Waals surface area contributed by atoms with Gasteiger partial charge in [-0.3, -0.25) is 13.9 Å². The van der Waals surface area contributed by atoms with Gasteiger partial charge in [0, 0.05) is 12.7 Å². The first-order chi connectivity index (χ1) is 9.42. The highest BCUT2D eigenvalue weighted by Crippen LogP contribution is 2.09.